The molecule has 0 fully saturated rings. The zero-order valence-electron chi connectivity index (χ0n) is 22.7. The number of unbranched alkanes of at least 4 members (excludes halogenated alkanes) is 1. The first-order valence-electron chi connectivity index (χ1n) is 12.7. The van der Waals surface area contributed by atoms with Crippen LogP contribution in [0.5, 0.6) is 17.2 Å². The molecule has 3 N–H and O–H groups in total. The van der Waals surface area contributed by atoms with Crippen LogP contribution in [-0.4, -0.2) is 66.4 Å². The maximum absolute atomic E-state index is 13.2. The molecule has 0 spiro atoms. The van der Waals surface area contributed by atoms with Gasteiger partial charge in [-0.1, -0.05) is 0 Å². The number of rotatable bonds is 14. The van der Waals surface area contributed by atoms with Crippen LogP contribution in [0.3, 0.4) is 0 Å². The Morgan fingerprint density at radius 2 is 1.82 bits per heavy atom. The van der Waals surface area contributed by atoms with Crippen LogP contribution in [0.15, 0.2) is 30.3 Å². The van der Waals surface area contributed by atoms with Gasteiger partial charge in [-0.2, -0.15) is 0 Å². The number of hydrogen-bond donors (Lipinski definition) is 3. The molecule has 212 valence electrons. The third-order valence-corrected chi connectivity index (χ3v) is 5.91. The van der Waals surface area contributed by atoms with Gasteiger partial charge < -0.3 is 29.5 Å². The standard InChI is InChI=1S/C28H35N3O7.BrH/c1-5-36-24-13-19-15-31(27(29)20(19)14-21(24)28(35)30-4)16-22(32)18-9-10-23(25(12-18)38-17(2)3)37-11-7-6-8-26(33)34;/h9-10,12-14,17,29H,5-8,11,15-16H2,1-4H3,(H,30,35)(H,33,34);1H. The molecule has 0 aromatic heterocycles. The number of amidine groups is 1. The highest BCUT2D eigenvalue weighted by molar-refractivity contribution is 8.93. The van der Waals surface area contributed by atoms with E-state index in [4.69, 9.17) is 24.7 Å². The van der Waals surface area contributed by atoms with Crippen LogP contribution < -0.4 is 19.5 Å². The molecule has 1 aliphatic heterocycles. The highest BCUT2D eigenvalue weighted by Crippen LogP contribution is 2.32. The number of carbonyl (C=O) groups is 3. The van der Waals surface area contributed by atoms with Crippen molar-refractivity contribution in [3.05, 3.63) is 52.6 Å². The van der Waals surface area contributed by atoms with E-state index in [1.54, 1.807) is 35.2 Å². The van der Waals surface area contributed by atoms with Gasteiger partial charge in [0.05, 0.1) is 31.4 Å². The molecule has 0 aliphatic carbocycles. The molecular weight excluding hydrogens is 570 g/mol. The summed E-state index contributed by atoms with van der Waals surface area (Å²) in [5.41, 5.74) is 2.17. The summed E-state index contributed by atoms with van der Waals surface area (Å²) in [4.78, 5) is 37.9. The van der Waals surface area contributed by atoms with Crippen LogP contribution in [0.2, 0.25) is 0 Å². The average Bonchev–Trinajstić information content (AvgIpc) is 3.17. The fraction of sp³-hybridized carbons (Fsp3) is 0.429. The Kier molecular flexibility index (Phi) is 11.8. The van der Waals surface area contributed by atoms with E-state index < -0.39 is 5.97 Å². The molecule has 0 atom stereocenters. The molecular formula is C28H36BrN3O7. The summed E-state index contributed by atoms with van der Waals surface area (Å²) in [5, 5.41) is 20.0. The van der Waals surface area contributed by atoms with Crippen LogP contribution in [0.1, 0.15) is 71.9 Å². The lowest BCUT2D eigenvalue weighted by atomic mass is 10.0. The number of ketones is 1. The van der Waals surface area contributed by atoms with Crippen molar-refractivity contribution < 1.29 is 33.7 Å². The SMILES string of the molecule is Br.CCOc1cc2c(cc1C(=O)NC)C(=N)N(CC(=O)c1ccc(OCCCCC(=O)O)c(OC(C)C)c1)C2. The second kappa shape index (κ2) is 14.5. The molecule has 0 saturated heterocycles. The predicted molar refractivity (Wildman–Crippen MR) is 152 cm³/mol. The van der Waals surface area contributed by atoms with E-state index >= 15 is 0 Å². The molecule has 0 radical (unpaired) electrons. The maximum Gasteiger partial charge on any atom is 0.303 e. The molecule has 1 amide bonds. The number of amides is 1. The molecule has 2 aromatic carbocycles. The summed E-state index contributed by atoms with van der Waals surface area (Å²) < 4.78 is 17.3. The first-order valence-corrected chi connectivity index (χ1v) is 12.7. The largest absolute Gasteiger partial charge is 0.493 e. The zero-order chi connectivity index (χ0) is 27.8. The Labute approximate surface area is 238 Å². The lowest BCUT2D eigenvalue weighted by Crippen LogP contribution is -2.30. The van der Waals surface area contributed by atoms with Crippen LogP contribution in [0.25, 0.3) is 0 Å². The molecule has 0 unspecified atom stereocenters. The minimum absolute atomic E-state index is 0. The summed E-state index contributed by atoms with van der Waals surface area (Å²) >= 11 is 0. The van der Waals surface area contributed by atoms with E-state index in [1.165, 1.54) is 7.05 Å². The van der Waals surface area contributed by atoms with Gasteiger partial charge in [-0.25, -0.2) is 0 Å². The van der Waals surface area contributed by atoms with E-state index in [0.29, 0.717) is 66.5 Å². The van der Waals surface area contributed by atoms with Gasteiger partial charge in [0.15, 0.2) is 17.3 Å². The van der Waals surface area contributed by atoms with Crippen LogP contribution in [0, 0.1) is 5.41 Å². The molecule has 10 nitrogen and oxygen atoms in total. The number of fused-ring (bicyclic) bond motifs is 1. The van der Waals surface area contributed by atoms with Crippen molar-refractivity contribution >= 4 is 40.5 Å². The van der Waals surface area contributed by atoms with Crippen molar-refractivity contribution in [2.75, 3.05) is 26.8 Å². The topological polar surface area (TPSA) is 138 Å². The number of hydrogen-bond acceptors (Lipinski definition) is 7. The monoisotopic (exact) mass is 605 g/mol. The molecule has 1 aliphatic rings. The number of nitrogens with zero attached hydrogens (tertiary/aromatic N) is 1. The van der Waals surface area contributed by atoms with Gasteiger partial charge in [0.25, 0.3) is 5.91 Å². The van der Waals surface area contributed by atoms with Crippen molar-refractivity contribution in [1.29, 1.82) is 5.41 Å². The molecule has 11 heteroatoms. The zero-order valence-corrected chi connectivity index (χ0v) is 24.4. The lowest BCUT2D eigenvalue weighted by molar-refractivity contribution is -0.137. The minimum Gasteiger partial charge on any atom is -0.493 e. The van der Waals surface area contributed by atoms with E-state index in [2.05, 4.69) is 5.32 Å². The third-order valence-electron chi connectivity index (χ3n) is 5.91. The van der Waals surface area contributed by atoms with Gasteiger partial charge in [0, 0.05) is 31.1 Å². The Morgan fingerprint density at radius 3 is 2.46 bits per heavy atom. The number of nitrogens with one attached hydrogen (secondary N) is 2. The summed E-state index contributed by atoms with van der Waals surface area (Å²) in [5.74, 6) is 0.188. The highest BCUT2D eigenvalue weighted by atomic mass is 79.9. The van der Waals surface area contributed by atoms with Gasteiger partial charge in [-0.15, -0.1) is 17.0 Å². The lowest BCUT2D eigenvalue weighted by Gasteiger charge is -2.19. The van der Waals surface area contributed by atoms with Crippen molar-refractivity contribution in [3.8, 4) is 17.2 Å². The molecule has 39 heavy (non-hydrogen) atoms. The van der Waals surface area contributed by atoms with E-state index in [-0.39, 0.29) is 53.6 Å². The number of benzene rings is 2. The number of aliphatic carboxylic acids is 1. The summed E-state index contributed by atoms with van der Waals surface area (Å²) in [7, 11) is 1.54. The van der Waals surface area contributed by atoms with Gasteiger partial charge in [0.1, 0.15) is 11.6 Å². The second-order valence-electron chi connectivity index (χ2n) is 9.17. The Morgan fingerprint density at radius 1 is 1.08 bits per heavy atom. The van der Waals surface area contributed by atoms with Crippen LogP contribution >= 0.6 is 17.0 Å². The number of carboxylic acid groups (broad SMARTS) is 1. The van der Waals surface area contributed by atoms with Crippen molar-refractivity contribution in [3.63, 3.8) is 0 Å². The van der Waals surface area contributed by atoms with Gasteiger partial charge >= 0.3 is 5.97 Å². The number of halogens is 1. The third kappa shape index (κ3) is 8.19. The number of ether oxygens (including phenoxy) is 3. The molecule has 0 bridgehead atoms. The summed E-state index contributed by atoms with van der Waals surface area (Å²) in [6.07, 6.45) is 1.03. The van der Waals surface area contributed by atoms with Gasteiger partial charge in [-0.05, 0) is 69.5 Å². The van der Waals surface area contributed by atoms with E-state index in [9.17, 15) is 14.4 Å². The second-order valence-corrected chi connectivity index (χ2v) is 9.17. The fourth-order valence-electron chi connectivity index (χ4n) is 4.12. The average molecular weight is 607 g/mol. The number of Topliss-reactive ketones (excluding diaryl/α,β-unsaturated/α-hetero) is 1. The van der Waals surface area contributed by atoms with Crippen LogP contribution in [0.4, 0.5) is 0 Å². The Bertz CT molecular complexity index is 1220. The molecule has 3 rings (SSSR count). The fourth-order valence-corrected chi connectivity index (χ4v) is 4.12. The van der Waals surface area contributed by atoms with E-state index in [0.717, 1.165) is 5.56 Å². The first kappa shape index (κ1) is 31.6. The highest BCUT2D eigenvalue weighted by Gasteiger charge is 2.29. The van der Waals surface area contributed by atoms with Gasteiger partial charge in [-0.3, -0.25) is 19.8 Å². The molecule has 1 heterocycles. The van der Waals surface area contributed by atoms with Crippen molar-refractivity contribution in [2.24, 2.45) is 0 Å². The number of carbonyl (C=O) groups excluding carboxylic acids is 2. The Hall–Kier alpha value is -3.60. The summed E-state index contributed by atoms with van der Waals surface area (Å²) in [6, 6.07) is 8.38. The normalized spacial score (nSPS) is 12.0. The maximum atomic E-state index is 13.2. The van der Waals surface area contributed by atoms with E-state index in [1.807, 2.05) is 20.8 Å². The summed E-state index contributed by atoms with van der Waals surface area (Å²) in [6.45, 7) is 6.63. The minimum atomic E-state index is -0.840. The van der Waals surface area contributed by atoms with Gasteiger partial charge in [0.2, 0.25) is 0 Å². The first-order chi connectivity index (χ1) is 18.1. The smallest absolute Gasteiger partial charge is 0.303 e. The van der Waals surface area contributed by atoms with Crippen molar-refractivity contribution in [2.45, 2.75) is 52.7 Å². The quantitative estimate of drug-likeness (QED) is 0.212. The van der Waals surface area contributed by atoms with Crippen LogP contribution in [-0.2, 0) is 11.3 Å². The van der Waals surface area contributed by atoms with Crippen molar-refractivity contribution in [1.82, 2.24) is 10.2 Å². The predicted octanol–water partition coefficient (Wildman–Crippen LogP) is 4.47. The molecule has 0 saturated carbocycles. The number of carboxylic acids is 1. The Balaban J connectivity index is 0.00000533. The molecule has 2 aromatic rings.